The van der Waals surface area contributed by atoms with Crippen molar-refractivity contribution in [2.45, 2.75) is 19.9 Å². The van der Waals surface area contributed by atoms with E-state index in [1.807, 2.05) is 43.3 Å². The molecule has 1 aromatic heterocycles. The molecule has 5 rings (SSSR count). The minimum absolute atomic E-state index is 0.265. The molecule has 2 N–H and O–H groups in total. The number of hydrogen-bond acceptors (Lipinski definition) is 8. The van der Waals surface area contributed by atoms with Gasteiger partial charge in [-0.15, -0.1) is 0 Å². The Morgan fingerprint density at radius 2 is 1.74 bits per heavy atom. The van der Waals surface area contributed by atoms with Crippen molar-refractivity contribution in [3.8, 4) is 17.2 Å². The van der Waals surface area contributed by atoms with Gasteiger partial charge in [-0.1, -0.05) is 47.7 Å². The maximum atomic E-state index is 14.0. The third-order valence-corrected chi connectivity index (χ3v) is 7.87. The van der Waals surface area contributed by atoms with Crippen LogP contribution in [0.15, 0.2) is 87.8 Å². The van der Waals surface area contributed by atoms with Gasteiger partial charge in [0.1, 0.15) is 5.75 Å². The van der Waals surface area contributed by atoms with E-state index in [1.54, 1.807) is 50.4 Å². The fourth-order valence-corrected chi connectivity index (χ4v) is 5.88. The van der Waals surface area contributed by atoms with Crippen molar-refractivity contribution in [1.82, 2.24) is 4.57 Å². The summed E-state index contributed by atoms with van der Waals surface area (Å²) in [6, 6.07) is 18.9. The van der Waals surface area contributed by atoms with Crippen LogP contribution in [0.3, 0.4) is 0 Å². The first-order valence-electron chi connectivity index (χ1n) is 13.3. The molecule has 1 aliphatic heterocycles. The van der Waals surface area contributed by atoms with Gasteiger partial charge in [0, 0.05) is 5.69 Å². The van der Waals surface area contributed by atoms with E-state index in [9.17, 15) is 14.4 Å². The number of hydrogen-bond donors (Lipinski definition) is 2. The number of carboxylic acids is 1. The molecule has 1 aliphatic rings. The monoisotopic (exact) mass is 599 g/mol. The predicted octanol–water partition coefficient (Wildman–Crippen LogP) is 3.66. The van der Waals surface area contributed by atoms with E-state index < -0.39 is 18.6 Å². The fraction of sp³-hybridized carbons (Fsp3) is 0.188. The molecule has 1 amide bonds. The van der Waals surface area contributed by atoms with Gasteiger partial charge < -0.3 is 24.6 Å². The molecule has 0 fully saturated rings. The zero-order valence-electron chi connectivity index (χ0n) is 23.9. The van der Waals surface area contributed by atoms with E-state index in [4.69, 9.17) is 19.3 Å². The summed E-state index contributed by atoms with van der Waals surface area (Å²) in [7, 11) is 3.02. The maximum Gasteiger partial charge on any atom is 0.341 e. The average molecular weight is 600 g/mol. The van der Waals surface area contributed by atoms with Crippen LogP contribution < -0.4 is 34.4 Å². The van der Waals surface area contributed by atoms with Gasteiger partial charge in [-0.3, -0.25) is 14.2 Å². The van der Waals surface area contributed by atoms with Crippen molar-refractivity contribution < 1.29 is 28.9 Å². The highest BCUT2D eigenvalue weighted by Crippen LogP contribution is 2.34. The fourth-order valence-electron chi connectivity index (χ4n) is 4.84. The molecule has 3 aromatic carbocycles. The van der Waals surface area contributed by atoms with E-state index >= 15 is 0 Å². The molecule has 0 aliphatic carbocycles. The summed E-state index contributed by atoms with van der Waals surface area (Å²) < 4.78 is 18.2. The quantitative estimate of drug-likeness (QED) is 0.301. The number of allylic oxidation sites excluding steroid dienone is 1. The van der Waals surface area contributed by atoms with Gasteiger partial charge in [0.05, 0.1) is 36.1 Å². The van der Waals surface area contributed by atoms with E-state index in [0.717, 1.165) is 5.56 Å². The molecule has 220 valence electrons. The highest BCUT2D eigenvalue weighted by molar-refractivity contribution is 7.07. The van der Waals surface area contributed by atoms with Crippen LogP contribution in [-0.2, 0) is 9.59 Å². The number of carbonyl (C=O) groups excluding carboxylic acids is 1. The zero-order valence-corrected chi connectivity index (χ0v) is 24.7. The van der Waals surface area contributed by atoms with Crippen LogP contribution in [0.4, 0.5) is 5.69 Å². The van der Waals surface area contributed by atoms with E-state index in [2.05, 4.69) is 10.3 Å². The maximum absolute atomic E-state index is 14.0. The molecule has 2 heterocycles. The molecule has 0 bridgehead atoms. The van der Waals surface area contributed by atoms with Crippen LogP contribution in [0.25, 0.3) is 6.08 Å². The number of fused-ring (bicyclic) bond motifs is 1. The Hall–Kier alpha value is -5.16. The lowest BCUT2D eigenvalue weighted by molar-refractivity contribution is -0.139. The first-order valence-corrected chi connectivity index (χ1v) is 14.1. The number of methoxy groups -OCH3 is 2. The molecule has 4 aromatic rings. The average Bonchev–Trinajstić information content (AvgIpc) is 3.30. The number of aliphatic carboxylic acids is 1. The van der Waals surface area contributed by atoms with Gasteiger partial charge in [0.2, 0.25) is 0 Å². The number of nitrogens with zero attached hydrogens (tertiary/aromatic N) is 2. The van der Waals surface area contributed by atoms with E-state index in [1.165, 1.54) is 23.0 Å². The van der Waals surface area contributed by atoms with Crippen LogP contribution in [0.1, 0.15) is 29.7 Å². The third-order valence-electron chi connectivity index (χ3n) is 6.88. The largest absolute Gasteiger partial charge is 0.496 e. The van der Waals surface area contributed by atoms with Crippen LogP contribution in [-0.4, -0.2) is 42.4 Å². The molecule has 1 atom stereocenters. The number of carboxylic acid groups (broad SMARTS) is 1. The van der Waals surface area contributed by atoms with Crippen LogP contribution in [0.2, 0.25) is 0 Å². The van der Waals surface area contributed by atoms with Gasteiger partial charge in [-0.25, -0.2) is 9.79 Å². The number of thiazole rings is 1. The number of carbonyl (C=O) groups is 2. The topological polar surface area (TPSA) is 128 Å². The summed E-state index contributed by atoms with van der Waals surface area (Å²) in [6.07, 6.45) is 1.70. The number of benzene rings is 3. The first-order chi connectivity index (χ1) is 20.7. The summed E-state index contributed by atoms with van der Waals surface area (Å²) in [5, 5.41) is 11.9. The van der Waals surface area contributed by atoms with Gasteiger partial charge in [-0.05, 0) is 66.9 Å². The molecule has 0 unspecified atom stereocenters. The van der Waals surface area contributed by atoms with Gasteiger partial charge in [-0.2, -0.15) is 0 Å². The van der Waals surface area contributed by atoms with Crippen molar-refractivity contribution in [2.24, 2.45) is 4.99 Å². The number of aromatic nitrogens is 1. The lowest BCUT2D eigenvalue weighted by Gasteiger charge is -2.26. The molecular weight excluding hydrogens is 570 g/mol. The third kappa shape index (κ3) is 6.07. The number of ether oxygens (including phenoxy) is 3. The lowest BCUT2D eigenvalue weighted by Crippen LogP contribution is -2.40. The smallest absolute Gasteiger partial charge is 0.341 e. The Kier molecular flexibility index (Phi) is 8.44. The summed E-state index contributed by atoms with van der Waals surface area (Å²) in [6.45, 7) is 3.16. The molecular formula is C32H29N3O7S. The van der Waals surface area contributed by atoms with Crippen molar-refractivity contribution in [1.29, 1.82) is 0 Å². The number of rotatable bonds is 9. The molecule has 0 radical (unpaired) electrons. The lowest BCUT2D eigenvalue weighted by atomic mass is 9.94. The van der Waals surface area contributed by atoms with Crippen LogP contribution >= 0.6 is 11.3 Å². The first kappa shape index (κ1) is 29.3. The Labute approximate surface area is 250 Å². The summed E-state index contributed by atoms with van der Waals surface area (Å²) in [5.41, 5.74) is 3.38. The molecule has 10 nitrogen and oxygen atoms in total. The Balaban J connectivity index is 1.64. The van der Waals surface area contributed by atoms with Crippen LogP contribution in [0.5, 0.6) is 17.2 Å². The number of nitrogens with one attached hydrogen (secondary N) is 1. The summed E-state index contributed by atoms with van der Waals surface area (Å²) in [4.78, 5) is 43.8. The SMILES string of the molecule is COc1cc([C@H]2C(C(=O)Nc3ccccc3)=C(C)N=c3s/c(=C\c4ccc(OCC(=O)O)c(OC)c4)c(=O)n32)ccc1C. The normalized spacial score (nSPS) is 14.5. The number of anilines is 1. The van der Waals surface area contributed by atoms with Crippen molar-refractivity contribution in [3.05, 3.63) is 114 Å². The van der Waals surface area contributed by atoms with Gasteiger partial charge in [0.15, 0.2) is 22.9 Å². The highest BCUT2D eigenvalue weighted by Gasteiger charge is 2.33. The zero-order chi connectivity index (χ0) is 30.7. The van der Waals surface area contributed by atoms with Gasteiger partial charge in [0.25, 0.3) is 11.5 Å². The number of aryl methyl sites for hydroxylation is 1. The van der Waals surface area contributed by atoms with Gasteiger partial charge >= 0.3 is 5.97 Å². The molecule has 11 heteroatoms. The second kappa shape index (κ2) is 12.4. The Bertz CT molecular complexity index is 1930. The minimum Gasteiger partial charge on any atom is -0.496 e. The van der Waals surface area contributed by atoms with E-state index in [0.29, 0.717) is 48.9 Å². The number of para-hydroxylation sites is 1. The second-order valence-corrected chi connectivity index (χ2v) is 10.7. The molecule has 43 heavy (non-hydrogen) atoms. The molecule has 0 spiro atoms. The van der Waals surface area contributed by atoms with E-state index in [-0.39, 0.29) is 17.2 Å². The summed E-state index contributed by atoms with van der Waals surface area (Å²) >= 11 is 1.20. The van der Waals surface area contributed by atoms with Crippen LogP contribution in [0, 0.1) is 6.92 Å². The Morgan fingerprint density at radius 1 is 1.00 bits per heavy atom. The van der Waals surface area contributed by atoms with Crippen molar-refractivity contribution >= 4 is 35.0 Å². The number of amides is 1. The predicted molar refractivity (Wildman–Crippen MR) is 163 cm³/mol. The Morgan fingerprint density at radius 3 is 2.44 bits per heavy atom. The molecule has 0 saturated carbocycles. The minimum atomic E-state index is -1.11. The summed E-state index contributed by atoms with van der Waals surface area (Å²) in [5.74, 6) is -0.257. The highest BCUT2D eigenvalue weighted by atomic mass is 32.1. The van der Waals surface area contributed by atoms with Crippen molar-refractivity contribution in [2.75, 3.05) is 26.1 Å². The molecule has 0 saturated heterocycles. The second-order valence-electron chi connectivity index (χ2n) is 9.72. The standard InChI is InChI=1S/C32H29N3O7S/c1-18-10-12-21(16-24(18)40-3)29-28(30(38)34-22-8-6-5-7-9-22)19(2)33-32-35(29)31(39)26(43-32)15-20-11-13-23(25(14-20)41-4)42-17-27(36)37/h5-16,29H,17H2,1-4H3,(H,34,38)(H,36,37)/b26-15-/t29-/m0/s1. The van der Waals surface area contributed by atoms with Crippen molar-refractivity contribution in [3.63, 3.8) is 0 Å².